The fourth-order valence-electron chi connectivity index (χ4n) is 7.97. The van der Waals surface area contributed by atoms with Crippen molar-refractivity contribution in [3.63, 3.8) is 0 Å². The van der Waals surface area contributed by atoms with Gasteiger partial charge >= 0.3 is 0 Å². The zero-order valence-electron chi connectivity index (χ0n) is 25.5. The minimum atomic E-state index is -1.88. The summed E-state index contributed by atoms with van der Waals surface area (Å²) in [7, 11) is -1.88. The maximum atomic E-state index is 2.58. The van der Waals surface area contributed by atoms with Crippen LogP contribution in [0, 0.1) is 0 Å². The lowest BCUT2D eigenvalue weighted by Crippen LogP contribution is -2.49. The summed E-state index contributed by atoms with van der Waals surface area (Å²) >= 11 is 0. The summed E-state index contributed by atoms with van der Waals surface area (Å²) in [6, 6.07) is 58.8. The molecular weight excluding hydrogens is 557 g/mol. The molecule has 0 atom stereocenters. The Morgan fingerprint density at radius 1 is 0.333 bits per heavy atom. The number of benzene rings is 8. The second kappa shape index (κ2) is 9.89. The molecular formula is C44H32Si. The molecule has 9 rings (SSSR count). The van der Waals surface area contributed by atoms with Gasteiger partial charge in [-0.1, -0.05) is 165 Å². The molecule has 0 radical (unpaired) electrons. The van der Waals surface area contributed by atoms with Crippen LogP contribution < -0.4 is 10.4 Å². The Morgan fingerprint density at radius 3 is 1.69 bits per heavy atom. The third-order valence-corrected chi connectivity index (χ3v) is 13.6. The molecule has 1 aliphatic rings. The van der Waals surface area contributed by atoms with Crippen LogP contribution in [-0.2, 0) is 0 Å². The van der Waals surface area contributed by atoms with E-state index in [0.717, 1.165) is 0 Å². The summed E-state index contributed by atoms with van der Waals surface area (Å²) in [4.78, 5) is 0. The third-order valence-electron chi connectivity index (χ3n) is 10.1. The number of hydrogen-bond donors (Lipinski definition) is 0. The zero-order valence-corrected chi connectivity index (χ0v) is 26.5. The van der Waals surface area contributed by atoms with Crippen molar-refractivity contribution in [1.29, 1.82) is 0 Å². The number of fused-ring (bicyclic) bond motifs is 6. The summed E-state index contributed by atoms with van der Waals surface area (Å²) in [6.45, 7) is 5.03. The SMILES string of the molecule is C[Si]1(C)c2ccccc2-c2cc3c(-c4ccccc4-c4cccc5ccccc45)c4ccccc4c(-c4ccccc4)c3cc21. The van der Waals surface area contributed by atoms with Crippen molar-refractivity contribution in [2.75, 3.05) is 0 Å². The molecule has 8 aromatic rings. The van der Waals surface area contributed by atoms with Crippen LogP contribution in [0.25, 0.3) is 76.8 Å². The second-order valence-electron chi connectivity index (χ2n) is 12.8. The molecule has 0 saturated heterocycles. The summed E-state index contributed by atoms with van der Waals surface area (Å²) in [5.41, 5.74) is 10.5. The lowest BCUT2D eigenvalue weighted by molar-refractivity contribution is 1.63. The highest BCUT2D eigenvalue weighted by Gasteiger charge is 2.38. The molecule has 45 heavy (non-hydrogen) atoms. The Kier molecular flexibility index (Phi) is 5.75. The first-order valence-corrected chi connectivity index (χ1v) is 18.9. The van der Waals surface area contributed by atoms with Gasteiger partial charge in [0.05, 0.1) is 0 Å². The van der Waals surface area contributed by atoms with E-state index in [-0.39, 0.29) is 0 Å². The van der Waals surface area contributed by atoms with E-state index in [0.29, 0.717) is 0 Å². The molecule has 0 amide bonds. The van der Waals surface area contributed by atoms with Gasteiger partial charge in [0.1, 0.15) is 8.07 Å². The predicted molar refractivity (Wildman–Crippen MR) is 197 cm³/mol. The Hall–Kier alpha value is -5.24. The van der Waals surface area contributed by atoms with Crippen molar-refractivity contribution in [2.24, 2.45) is 0 Å². The van der Waals surface area contributed by atoms with Gasteiger partial charge in [0.15, 0.2) is 0 Å². The maximum absolute atomic E-state index is 2.58. The molecule has 0 spiro atoms. The minimum Gasteiger partial charge on any atom is -0.0623 e. The molecule has 0 saturated carbocycles. The molecule has 0 N–H and O–H groups in total. The molecule has 0 aromatic heterocycles. The van der Waals surface area contributed by atoms with Gasteiger partial charge < -0.3 is 0 Å². The molecule has 1 aliphatic heterocycles. The maximum Gasteiger partial charge on any atom is 0.113 e. The fraction of sp³-hybridized carbons (Fsp3) is 0.0455. The highest BCUT2D eigenvalue weighted by atomic mass is 28.3. The van der Waals surface area contributed by atoms with Crippen LogP contribution in [0.2, 0.25) is 13.1 Å². The van der Waals surface area contributed by atoms with Crippen LogP contribution in [0.3, 0.4) is 0 Å². The van der Waals surface area contributed by atoms with Crippen LogP contribution in [0.15, 0.2) is 158 Å². The Bertz CT molecular complexity index is 2440. The molecule has 8 aromatic carbocycles. The van der Waals surface area contributed by atoms with E-state index in [2.05, 4.69) is 171 Å². The van der Waals surface area contributed by atoms with E-state index >= 15 is 0 Å². The molecule has 1 heterocycles. The highest BCUT2D eigenvalue weighted by Crippen LogP contribution is 2.48. The molecule has 1 heteroatoms. The van der Waals surface area contributed by atoms with Crippen molar-refractivity contribution in [1.82, 2.24) is 0 Å². The van der Waals surface area contributed by atoms with Crippen LogP contribution in [0.4, 0.5) is 0 Å². The molecule has 0 fully saturated rings. The lowest BCUT2D eigenvalue weighted by atomic mass is 9.82. The topological polar surface area (TPSA) is 0 Å². The number of rotatable bonds is 3. The standard InChI is InChI=1S/C44H32Si/c1-45(2)41-26-13-12-21-34(41)38-27-39-40(28-42(38)45)43(30-16-4-3-5-17-30)36-23-10-11-24-37(36)44(39)35-22-9-8-20-33(35)32-25-14-18-29-15-6-7-19-31(29)32/h3-28H,1-2H3. The lowest BCUT2D eigenvalue weighted by Gasteiger charge is -2.23. The highest BCUT2D eigenvalue weighted by molar-refractivity contribution is 7.04. The smallest absolute Gasteiger partial charge is 0.0623 e. The van der Waals surface area contributed by atoms with E-state index in [1.54, 1.807) is 5.19 Å². The zero-order chi connectivity index (χ0) is 30.1. The average molecular weight is 589 g/mol. The van der Waals surface area contributed by atoms with E-state index in [1.165, 1.54) is 82.0 Å². The van der Waals surface area contributed by atoms with Crippen molar-refractivity contribution < 1.29 is 0 Å². The van der Waals surface area contributed by atoms with Gasteiger partial charge in [0.25, 0.3) is 0 Å². The van der Waals surface area contributed by atoms with Gasteiger partial charge in [-0.2, -0.15) is 0 Å². The van der Waals surface area contributed by atoms with Crippen molar-refractivity contribution in [3.05, 3.63) is 158 Å². The first-order chi connectivity index (χ1) is 22.1. The van der Waals surface area contributed by atoms with Gasteiger partial charge in [-0.25, -0.2) is 0 Å². The molecule has 0 unspecified atom stereocenters. The van der Waals surface area contributed by atoms with Crippen LogP contribution in [0.5, 0.6) is 0 Å². The van der Waals surface area contributed by atoms with Crippen molar-refractivity contribution in [2.45, 2.75) is 13.1 Å². The fourth-order valence-corrected chi connectivity index (χ4v) is 11.1. The summed E-state index contributed by atoms with van der Waals surface area (Å²) in [6.07, 6.45) is 0. The summed E-state index contributed by atoms with van der Waals surface area (Å²) < 4.78 is 0. The van der Waals surface area contributed by atoms with Gasteiger partial charge in [0, 0.05) is 0 Å². The third kappa shape index (κ3) is 3.84. The molecule has 0 bridgehead atoms. The summed E-state index contributed by atoms with van der Waals surface area (Å²) in [5, 5.41) is 10.9. The van der Waals surface area contributed by atoms with E-state index in [1.807, 2.05) is 0 Å². The normalized spacial score (nSPS) is 13.3. The van der Waals surface area contributed by atoms with Crippen LogP contribution in [-0.4, -0.2) is 8.07 Å². The van der Waals surface area contributed by atoms with Gasteiger partial charge in [-0.05, 0) is 93.3 Å². The van der Waals surface area contributed by atoms with Gasteiger partial charge in [0.2, 0.25) is 0 Å². The van der Waals surface area contributed by atoms with Crippen LogP contribution in [0.1, 0.15) is 0 Å². The average Bonchev–Trinajstić information content (AvgIpc) is 3.32. The van der Waals surface area contributed by atoms with Crippen LogP contribution >= 0.6 is 0 Å². The Balaban J connectivity index is 1.47. The van der Waals surface area contributed by atoms with E-state index in [4.69, 9.17) is 0 Å². The Labute approximate surface area is 265 Å². The second-order valence-corrected chi connectivity index (χ2v) is 17.2. The Morgan fingerprint density at radius 2 is 0.889 bits per heavy atom. The first kappa shape index (κ1) is 26.2. The quantitative estimate of drug-likeness (QED) is 0.142. The molecule has 0 nitrogen and oxygen atoms in total. The van der Waals surface area contributed by atoms with E-state index < -0.39 is 8.07 Å². The van der Waals surface area contributed by atoms with Gasteiger partial charge in [-0.15, -0.1) is 0 Å². The largest absolute Gasteiger partial charge is 0.113 e. The minimum absolute atomic E-state index is 1.26. The summed E-state index contributed by atoms with van der Waals surface area (Å²) in [5.74, 6) is 0. The van der Waals surface area contributed by atoms with Crippen molar-refractivity contribution >= 4 is 50.8 Å². The first-order valence-electron chi connectivity index (χ1n) is 15.9. The van der Waals surface area contributed by atoms with Crippen molar-refractivity contribution in [3.8, 4) is 44.5 Å². The number of hydrogen-bond acceptors (Lipinski definition) is 0. The monoisotopic (exact) mass is 588 g/mol. The van der Waals surface area contributed by atoms with E-state index in [9.17, 15) is 0 Å². The van der Waals surface area contributed by atoms with Gasteiger partial charge in [-0.3, -0.25) is 0 Å². The predicted octanol–water partition coefficient (Wildman–Crippen LogP) is 11.0. The molecule has 0 aliphatic carbocycles. The molecule has 212 valence electrons.